The van der Waals surface area contributed by atoms with Gasteiger partial charge in [-0.1, -0.05) is 12.1 Å². The largest absolute Gasteiger partial charge is 0.397 e. The summed E-state index contributed by atoms with van der Waals surface area (Å²) in [5.74, 6) is 0. The van der Waals surface area contributed by atoms with Gasteiger partial charge in [-0.3, -0.25) is 9.88 Å². The summed E-state index contributed by atoms with van der Waals surface area (Å²) in [6.07, 6.45) is 1.81. The van der Waals surface area contributed by atoms with Gasteiger partial charge in [-0.25, -0.2) is 0 Å². The summed E-state index contributed by atoms with van der Waals surface area (Å²) in [5.41, 5.74) is 10.4. The lowest BCUT2D eigenvalue weighted by Gasteiger charge is -2.36. The maximum Gasteiger partial charge on any atom is 0.0772 e. The van der Waals surface area contributed by atoms with E-state index in [1.165, 1.54) is 11.3 Å². The molecule has 2 N–H and O–H groups in total. The summed E-state index contributed by atoms with van der Waals surface area (Å²) in [6, 6.07) is 12.5. The molecule has 4 nitrogen and oxygen atoms in total. The highest BCUT2D eigenvalue weighted by atomic mass is 15.3. The Morgan fingerprint density at radius 1 is 1.10 bits per heavy atom. The van der Waals surface area contributed by atoms with Gasteiger partial charge in [0.2, 0.25) is 0 Å². The molecule has 0 atom stereocenters. The Kier molecular flexibility index (Phi) is 4.06. The van der Waals surface area contributed by atoms with Gasteiger partial charge in [-0.15, -0.1) is 0 Å². The zero-order valence-corrected chi connectivity index (χ0v) is 12.5. The fraction of sp³-hybridized carbons (Fsp3) is 0.353. The Morgan fingerprint density at radius 2 is 1.90 bits per heavy atom. The highest BCUT2D eigenvalue weighted by Gasteiger charge is 2.18. The minimum atomic E-state index is 0.790. The predicted molar refractivity (Wildman–Crippen MR) is 87.3 cm³/mol. The van der Waals surface area contributed by atoms with E-state index in [1.807, 2.05) is 18.3 Å². The van der Waals surface area contributed by atoms with Crippen molar-refractivity contribution in [1.29, 1.82) is 0 Å². The molecule has 0 aliphatic carbocycles. The van der Waals surface area contributed by atoms with Crippen LogP contribution in [0.25, 0.3) is 0 Å². The Morgan fingerprint density at radius 3 is 2.62 bits per heavy atom. The van der Waals surface area contributed by atoms with Crippen LogP contribution in [0.4, 0.5) is 11.4 Å². The highest BCUT2D eigenvalue weighted by Crippen LogP contribution is 2.19. The minimum Gasteiger partial charge on any atom is -0.397 e. The van der Waals surface area contributed by atoms with Gasteiger partial charge in [0, 0.05) is 44.6 Å². The van der Waals surface area contributed by atoms with Crippen LogP contribution in [-0.2, 0) is 6.54 Å². The van der Waals surface area contributed by atoms with E-state index in [0.717, 1.165) is 44.1 Å². The van der Waals surface area contributed by atoms with E-state index in [0.29, 0.717) is 0 Å². The van der Waals surface area contributed by atoms with Crippen molar-refractivity contribution in [3.05, 3.63) is 53.9 Å². The number of benzene rings is 1. The molecule has 1 aliphatic heterocycles. The number of rotatable bonds is 3. The number of nitrogens with two attached hydrogens (primary N) is 1. The third-order valence-corrected chi connectivity index (χ3v) is 4.04. The summed E-state index contributed by atoms with van der Waals surface area (Å²) in [4.78, 5) is 9.25. The van der Waals surface area contributed by atoms with Crippen LogP contribution in [-0.4, -0.2) is 36.1 Å². The Labute approximate surface area is 126 Å². The summed E-state index contributed by atoms with van der Waals surface area (Å²) < 4.78 is 0. The van der Waals surface area contributed by atoms with Crippen molar-refractivity contribution in [3.63, 3.8) is 0 Å². The first-order chi connectivity index (χ1) is 10.2. The maximum atomic E-state index is 5.97. The van der Waals surface area contributed by atoms with Gasteiger partial charge in [0.15, 0.2) is 0 Å². The number of hydrogen-bond acceptors (Lipinski definition) is 4. The average Bonchev–Trinajstić information content (AvgIpc) is 2.50. The third kappa shape index (κ3) is 3.34. The van der Waals surface area contributed by atoms with Crippen LogP contribution in [0.2, 0.25) is 0 Å². The van der Waals surface area contributed by atoms with Crippen molar-refractivity contribution in [3.8, 4) is 0 Å². The van der Waals surface area contributed by atoms with Gasteiger partial charge in [0.05, 0.1) is 11.4 Å². The molecule has 0 bridgehead atoms. The second-order valence-corrected chi connectivity index (χ2v) is 5.64. The molecule has 0 radical (unpaired) electrons. The van der Waals surface area contributed by atoms with Gasteiger partial charge in [-0.2, -0.15) is 0 Å². The SMILES string of the molecule is Cc1cccc(N2CCN(Cc3ncccc3N)CC2)c1. The molecular weight excluding hydrogens is 260 g/mol. The molecule has 3 rings (SSSR count). The average molecular weight is 282 g/mol. The number of nitrogens with zero attached hydrogens (tertiary/aromatic N) is 3. The van der Waals surface area contributed by atoms with Gasteiger partial charge in [0.25, 0.3) is 0 Å². The second kappa shape index (κ2) is 6.14. The van der Waals surface area contributed by atoms with Gasteiger partial charge < -0.3 is 10.6 Å². The van der Waals surface area contributed by atoms with E-state index in [2.05, 4.69) is 46.0 Å². The van der Waals surface area contributed by atoms with E-state index in [4.69, 9.17) is 5.73 Å². The molecule has 1 aromatic heterocycles. The number of aromatic nitrogens is 1. The smallest absolute Gasteiger partial charge is 0.0772 e. The third-order valence-electron chi connectivity index (χ3n) is 4.04. The van der Waals surface area contributed by atoms with Crippen LogP contribution >= 0.6 is 0 Å². The van der Waals surface area contributed by atoms with Crippen molar-refractivity contribution >= 4 is 11.4 Å². The molecule has 0 spiro atoms. The molecule has 2 heterocycles. The van der Waals surface area contributed by atoms with E-state index in [-0.39, 0.29) is 0 Å². The molecule has 2 aromatic rings. The number of hydrogen-bond donors (Lipinski definition) is 1. The van der Waals surface area contributed by atoms with Crippen molar-refractivity contribution in [2.75, 3.05) is 36.8 Å². The van der Waals surface area contributed by atoms with Gasteiger partial charge >= 0.3 is 0 Å². The standard InChI is InChI=1S/C17H22N4/c1-14-4-2-5-15(12-14)21-10-8-20(9-11-21)13-17-16(18)6-3-7-19-17/h2-7,12H,8-11,13,18H2,1H3. The van der Waals surface area contributed by atoms with Gasteiger partial charge in [-0.05, 0) is 36.8 Å². The number of anilines is 2. The highest BCUT2D eigenvalue weighted by molar-refractivity contribution is 5.49. The molecule has 1 saturated heterocycles. The lowest BCUT2D eigenvalue weighted by molar-refractivity contribution is 0.247. The number of pyridine rings is 1. The van der Waals surface area contributed by atoms with Crippen molar-refractivity contribution in [2.24, 2.45) is 0 Å². The molecule has 110 valence electrons. The first-order valence-electron chi connectivity index (χ1n) is 7.46. The van der Waals surface area contributed by atoms with Crippen LogP contribution < -0.4 is 10.6 Å². The predicted octanol–water partition coefficient (Wildman–Crippen LogP) is 2.29. The van der Waals surface area contributed by atoms with E-state index in [9.17, 15) is 0 Å². The Bertz CT molecular complexity index is 603. The molecule has 0 amide bonds. The van der Waals surface area contributed by atoms with Crippen LogP contribution in [0.5, 0.6) is 0 Å². The van der Waals surface area contributed by atoms with E-state index >= 15 is 0 Å². The zero-order chi connectivity index (χ0) is 14.7. The van der Waals surface area contributed by atoms with E-state index < -0.39 is 0 Å². The quantitative estimate of drug-likeness (QED) is 0.938. The monoisotopic (exact) mass is 282 g/mol. The van der Waals surface area contributed by atoms with Crippen LogP contribution in [0.3, 0.4) is 0 Å². The van der Waals surface area contributed by atoms with Crippen LogP contribution in [0, 0.1) is 6.92 Å². The number of nitrogen functional groups attached to an aromatic ring is 1. The van der Waals surface area contributed by atoms with Crippen LogP contribution in [0.15, 0.2) is 42.6 Å². The molecule has 4 heteroatoms. The summed E-state index contributed by atoms with van der Waals surface area (Å²) in [7, 11) is 0. The van der Waals surface area contributed by atoms with Gasteiger partial charge in [0.1, 0.15) is 0 Å². The molecule has 21 heavy (non-hydrogen) atoms. The van der Waals surface area contributed by atoms with E-state index in [1.54, 1.807) is 0 Å². The van der Waals surface area contributed by atoms with Crippen LogP contribution in [0.1, 0.15) is 11.3 Å². The van der Waals surface area contributed by atoms with Crippen molar-refractivity contribution < 1.29 is 0 Å². The number of piperazine rings is 1. The second-order valence-electron chi connectivity index (χ2n) is 5.64. The lowest BCUT2D eigenvalue weighted by atomic mass is 10.2. The molecule has 1 aliphatic rings. The summed E-state index contributed by atoms with van der Waals surface area (Å²) in [6.45, 7) is 7.18. The Balaban J connectivity index is 1.59. The zero-order valence-electron chi connectivity index (χ0n) is 12.5. The molecule has 1 fully saturated rings. The lowest BCUT2D eigenvalue weighted by Crippen LogP contribution is -2.46. The molecule has 1 aromatic carbocycles. The summed E-state index contributed by atoms with van der Waals surface area (Å²) in [5, 5.41) is 0. The first-order valence-corrected chi connectivity index (χ1v) is 7.46. The summed E-state index contributed by atoms with van der Waals surface area (Å²) >= 11 is 0. The molecule has 0 unspecified atom stereocenters. The minimum absolute atomic E-state index is 0.790. The first kappa shape index (κ1) is 13.9. The molecular formula is C17H22N4. The normalized spacial score (nSPS) is 16.1. The fourth-order valence-electron chi connectivity index (χ4n) is 2.78. The van der Waals surface area contributed by atoms with Crippen molar-refractivity contribution in [1.82, 2.24) is 9.88 Å². The number of aryl methyl sites for hydroxylation is 1. The Hall–Kier alpha value is -2.07. The molecule has 0 saturated carbocycles. The fourth-order valence-corrected chi connectivity index (χ4v) is 2.78. The maximum absolute atomic E-state index is 5.97. The topological polar surface area (TPSA) is 45.4 Å². The van der Waals surface area contributed by atoms with Crippen molar-refractivity contribution in [2.45, 2.75) is 13.5 Å².